The number of hydrogen-bond donors (Lipinski definition) is 2. The summed E-state index contributed by atoms with van der Waals surface area (Å²) < 4.78 is 31.3. The number of aromatic carboxylic acids is 1. The van der Waals surface area contributed by atoms with Gasteiger partial charge in [0.1, 0.15) is 15.8 Å². The van der Waals surface area contributed by atoms with Gasteiger partial charge in [-0.25, -0.2) is 13.2 Å². The third-order valence-electron chi connectivity index (χ3n) is 2.60. The highest BCUT2D eigenvalue weighted by Crippen LogP contribution is 2.22. The van der Waals surface area contributed by atoms with Gasteiger partial charge in [0.2, 0.25) is 10.0 Å². The maximum Gasteiger partial charge on any atom is 0.347 e. The molecule has 0 saturated heterocycles. The smallest absolute Gasteiger partial charge is 0.347 e. The van der Waals surface area contributed by atoms with Crippen molar-refractivity contribution in [2.24, 2.45) is 5.92 Å². The molecule has 0 aromatic carbocycles. The fourth-order valence-electron chi connectivity index (χ4n) is 1.72. The molecule has 1 heterocycles. The second-order valence-electron chi connectivity index (χ2n) is 4.75. The molecule has 0 radical (unpaired) electrons. The molecule has 2 N–H and O–H groups in total. The third kappa shape index (κ3) is 4.51. The number of carboxylic acids is 1. The van der Waals surface area contributed by atoms with Crippen molar-refractivity contribution in [2.75, 3.05) is 7.11 Å². The van der Waals surface area contributed by atoms with E-state index in [0.29, 0.717) is 0 Å². The van der Waals surface area contributed by atoms with Gasteiger partial charge in [0.15, 0.2) is 0 Å². The van der Waals surface area contributed by atoms with Crippen molar-refractivity contribution in [3.8, 4) is 0 Å². The van der Waals surface area contributed by atoms with Gasteiger partial charge in [0, 0.05) is 0 Å². The van der Waals surface area contributed by atoms with Crippen molar-refractivity contribution in [3.63, 3.8) is 0 Å². The minimum atomic E-state index is -4.11. The predicted molar refractivity (Wildman–Crippen MR) is 76.9 cm³/mol. The summed E-state index contributed by atoms with van der Waals surface area (Å²) >= 11 is 0.805. The molecule has 118 valence electrons. The SMILES string of the molecule is COC(=O)C(CC(C)C)NS(=O)(=O)c1ccsc1C(=O)O. The van der Waals surface area contributed by atoms with Gasteiger partial charge < -0.3 is 9.84 Å². The molecule has 1 aromatic heterocycles. The normalized spacial score (nSPS) is 13.1. The highest BCUT2D eigenvalue weighted by molar-refractivity contribution is 7.89. The largest absolute Gasteiger partial charge is 0.477 e. The predicted octanol–water partition coefficient (Wildman–Crippen LogP) is 1.31. The minimum absolute atomic E-state index is 0.0539. The van der Waals surface area contributed by atoms with Gasteiger partial charge in [-0.1, -0.05) is 13.8 Å². The molecular weight excluding hydrogens is 318 g/mol. The summed E-state index contributed by atoms with van der Waals surface area (Å²) in [5, 5.41) is 10.3. The highest BCUT2D eigenvalue weighted by atomic mass is 32.2. The number of ether oxygens (including phenoxy) is 1. The molecule has 0 amide bonds. The molecule has 1 rings (SSSR count). The molecule has 0 aliphatic carbocycles. The van der Waals surface area contributed by atoms with Crippen LogP contribution >= 0.6 is 11.3 Å². The summed E-state index contributed by atoms with van der Waals surface area (Å²) in [7, 11) is -2.95. The Balaban J connectivity index is 3.08. The molecule has 0 spiro atoms. The van der Waals surface area contributed by atoms with E-state index in [1.165, 1.54) is 11.4 Å². The minimum Gasteiger partial charge on any atom is -0.477 e. The molecule has 1 atom stereocenters. The van der Waals surface area contributed by atoms with Crippen LogP contribution in [-0.4, -0.2) is 38.6 Å². The number of carbonyl (C=O) groups excluding carboxylic acids is 1. The van der Waals surface area contributed by atoms with Gasteiger partial charge in [-0.3, -0.25) is 4.79 Å². The molecule has 21 heavy (non-hydrogen) atoms. The van der Waals surface area contributed by atoms with Crippen LogP contribution in [0.4, 0.5) is 0 Å². The second-order valence-corrected chi connectivity index (χ2v) is 7.34. The zero-order valence-corrected chi connectivity index (χ0v) is 13.5. The van der Waals surface area contributed by atoms with Crippen LogP contribution in [0.5, 0.6) is 0 Å². The van der Waals surface area contributed by atoms with Gasteiger partial charge in [-0.05, 0) is 23.8 Å². The fourth-order valence-corrected chi connectivity index (χ4v) is 4.18. The second kappa shape index (κ2) is 7.01. The Labute approximate surface area is 127 Å². The van der Waals surface area contributed by atoms with Gasteiger partial charge in [-0.15, -0.1) is 11.3 Å². The Morgan fingerprint density at radius 3 is 2.52 bits per heavy atom. The topological polar surface area (TPSA) is 110 Å². The summed E-state index contributed by atoms with van der Waals surface area (Å²) in [5.74, 6) is -1.98. The Morgan fingerprint density at radius 1 is 1.43 bits per heavy atom. The van der Waals surface area contributed by atoms with Crippen LogP contribution in [0, 0.1) is 5.92 Å². The summed E-state index contributed by atoms with van der Waals surface area (Å²) in [6, 6.07) is 0.140. The molecule has 0 aliphatic heterocycles. The van der Waals surface area contributed by atoms with Crippen molar-refractivity contribution < 1.29 is 27.9 Å². The number of hydrogen-bond acceptors (Lipinski definition) is 6. The number of methoxy groups -OCH3 is 1. The van der Waals surface area contributed by atoms with Crippen LogP contribution in [0.1, 0.15) is 29.9 Å². The van der Waals surface area contributed by atoms with Gasteiger partial charge in [0.25, 0.3) is 0 Å². The van der Waals surface area contributed by atoms with E-state index in [2.05, 4.69) is 9.46 Å². The summed E-state index contributed by atoms with van der Waals surface area (Å²) in [5.41, 5.74) is 0. The van der Waals surface area contributed by atoms with Crippen LogP contribution in [0.2, 0.25) is 0 Å². The van der Waals surface area contributed by atoms with Crippen molar-refractivity contribution in [2.45, 2.75) is 31.2 Å². The van der Waals surface area contributed by atoms with E-state index >= 15 is 0 Å². The van der Waals surface area contributed by atoms with Gasteiger partial charge in [0.05, 0.1) is 7.11 Å². The monoisotopic (exact) mass is 335 g/mol. The van der Waals surface area contributed by atoms with E-state index in [9.17, 15) is 18.0 Å². The van der Waals surface area contributed by atoms with E-state index in [1.54, 1.807) is 0 Å². The highest BCUT2D eigenvalue weighted by Gasteiger charge is 2.30. The number of rotatable bonds is 7. The van der Waals surface area contributed by atoms with E-state index in [1.807, 2.05) is 13.8 Å². The first-order chi connectivity index (χ1) is 9.69. The molecule has 0 bridgehead atoms. The van der Waals surface area contributed by atoms with Crippen LogP contribution in [0.25, 0.3) is 0 Å². The Hall–Kier alpha value is -1.45. The fraction of sp³-hybridized carbons (Fsp3) is 0.500. The molecule has 0 aliphatic rings. The average molecular weight is 335 g/mol. The Bertz CT molecular complexity index is 619. The zero-order chi connectivity index (χ0) is 16.2. The first-order valence-corrected chi connectivity index (χ1v) is 8.46. The van der Waals surface area contributed by atoms with Gasteiger partial charge >= 0.3 is 11.9 Å². The average Bonchev–Trinajstić information content (AvgIpc) is 2.86. The number of sulfonamides is 1. The maximum atomic E-state index is 12.3. The molecule has 1 unspecified atom stereocenters. The lowest BCUT2D eigenvalue weighted by Crippen LogP contribution is -2.42. The third-order valence-corrected chi connectivity index (χ3v) is 5.15. The molecule has 7 nitrogen and oxygen atoms in total. The quantitative estimate of drug-likeness (QED) is 0.727. The zero-order valence-electron chi connectivity index (χ0n) is 11.8. The number of esters is 1. The van der Waals surface area contributed by atoms with Crippen LogP contribution in [0.3, 0.4) is 0 Å². The maximum absolute atomic E-state index is 12.3. The van der Waals surface area contributed by atoms with E-state index < -0.39 is 28.0 Å². The lowest BCUT2D eigenvalue weighted by Gasteiger charge is -2.18. The summed E-state index contributed by atoms with van der Waals surface area (Å²) in [6.45, 7) is 3.66. The van der Waals surface area contributed by atoms with Gasteiger partial charge in [-0.2, -0.15) is 4.72 Å². The lowest BCUT2D eigenvalue weighted by molar-refractivity contribution is -0.143. The van der Waals surface area contributed by atoms with Crippen molar-refractivity contribution in [3.05, 3.63) is 16.3 Å². The number of thiophene rings is 1. The van der Waals surface area contributed by atoms with Crippen molar-refractivity contribution in [1.82, 2.24) is 4.72 Å². The van der Waals surface area contributed by atoms with Crippen molar-refractivity contribution >= 4 is 33.3 Å². The molecule has 1 aromatic rings. The number of carboxylic acid groups (broad SMARTS) is 1. The first-order valence-electron chi connectivity index (χ1n) is 6.10. The molecular formula is C12H17NO6S2. The summed E-state index contributed by atoms with van der Waals surface area (Å²) in [4.78, 5) is 22.0. The number of nitrogens with one attached hydrogen (secondary N) is 1. The molecule has 9 heteroatoms. The van der Waals surface area contributed by atoms with E-state index in [4.69, 9.17) is 5.11 Å². The molecule has 0 saturated carbocycles. The van der Waals surface area contributed by atoms with Crippen LogP contribution in [-0.2, 0) is 19.6 Å². The number of carbonyl (C=O) groups is 2. The van der Waals surface area contributed by atoms with Crippen LogP contribution < -0.4 is 4.72 Å². The standard InChI is InChI=1S/C12H17NO6S2/c1-7(2)6-8(12(16)19-3)13-21(17,18)9-4-5-20-10(9)11(14)15/h4-5,7-8,13H,6H2,1-3H3,(H,14,15). The van der Waals surface area contributed by atoms with Crippen molar-refractivity contribution in [1.29, 1.82) is 0 Å². The first kappa shape index (κ1) is 17.6. The van der Waals surface area contributed by atoms with E-state index in [0.717, 1.165) is 18.4 Å². The Kier molecular flexibility index (Phi) is 5.87. The summed E-state index contributed by atoms with van der Waals surface area (Å²) in [6.07, 6.45) is 0.248. The molecule has 0 fully saturated rings. The van der Waals surface area contributed by atoms with E-state index in [-0.39, 0.29) is 22.1 Å². The lowest BCUT2D eigenvalue weighted by atomic mass is 10.1. The van der Waals surface area contributed by atoms with Crippen LogP contribution in [0.15, 0.2) is 16.3 Å². The Morgan fingerprint density at radius 2 is 2.05 bits per heavy atom.